The van der Waals surface area contributed by atoms with Crippen LogP contribution in [0.4, 0.5) is 0 Å². The van der Waals surface area contributed by atoms with Gasteiger partial charge in [0.1, 0.15) is 0 Å². The molecular formula is C19H41NO3S. The van der Waals surface area contributed by atoms with E-state index in [-0.39, 0.29) is 16.9 Å². The van der Waals surface area contributed by atoms with E-state index < -0.39 is 15.6 Å². The first-order valence-electron chi connectivity index (χ1n) is 8.96. The van der Waals surface area contributed by atoms with Gasteiger partial charge in [-0.05, 0) is 49.4 Å². The van der Waals surface area contributed by atoms with Gasteiger partial charge >= 0.3 is 0 Å². The molecule has 0 aromatic rings. The summed E-state index contributed by atoms with van der Waals surface area (Å²) in [6.07, 6.45) is 2.56. The van der Waals surface area contributed by atoms with Crippen molar-refractivity contribution in [1.29, 1.82) is 0 Å². The molecular weight excluding hydrogens is 322 g/mol. The molecule has 0 amide bonds. The quantitative estimate of drug-likeness (QED) is 0.670. The van der Waals surface area contributed by atoms with E-state index in [2.05, 4.69) is 48.5 Å². The first kappa shape index (κ1) is 23.9. The first-order chi connectivity index (χ1) is 10.3. The smallest absolute Gasteiger partial charge is 0.211 e. The molecule has 2 unspecified atom stereocenters. The van der Waals surface area contributed by atoms with Gasteiger partial charge in [0, 0.05) is 13.1 Å². The fourth-order valence-corrected chi connectivity index (χ4v) is 4.77. The lowest BCUT2D eigenvalue weighted by Crippen LogP contribution is -2.51. The number of sulfonamides is 1. The van der Waals surface area contributed by atoms with E-state index in [0.29, 0.717) is 18.3 Å². The number of aliphatic hydroxyl groups is 1. The van der Waals surface area contributed by atoms with Gasteiger partial charge in [0.2, 0.25) is 10.0 Å². The van der Waals surface area contributed by atoms with Crippen LogP contribution < -0.4 is 0 Å². The summed E-state index contributed by atoms with van der Waals surface area (Å²) in [4.78, 5) is 0. The minimum absolute atomic E-state index is 0.00531. The average molecular weight is 364 g/mol. The van der Waals surface area contributed by atoms with Crippen LogP contribution in [0, 0.1) is 22.7 Å². The maximum atomic E-state index is 12.2. The number of hydrogen-bond acceptors (Lipinski definition) is 3. The Hall–Kier alpha value is -0.130. The molecule has 146 valence electrons. The second kappa shape index (κ2) is 7.63. The van der Waals surface area contributed by atoms with E-state index in [0.717, 1.165) is 6.42 Å². The zero-order valence-corrected chi connectivity index (χ0v) is 18.6. The van der Waals surface area contributed by atoms with Crippen molar-refractivity contribution < 1.29 is 13.5 Å². The molecule has 0 rings (SSSR count). The molecule has 0 aliphatic rings. The average Bonchev–Trinajstić information content (AvgIpc) is 2.29. The Morgan fingerprint density at radius 3 is 1.67 bits per heavy atom. The van der Waals surface area contributed by atoms with E-state index in [1.165, 1.54) is 10.6 Å². The topological polar surface area (TPSA) is 57.6 Å². The highest BCUT2D eigenvalue weighted by Crippen LogP contribution is 2.44. The number of hydrogen-bond donors (Lipinski definition) is 1. The summed E-state index contributed by atoms with van der Waals surface area (Å²) in [6, 6.07) is -0.171. The van der Waals surface area contributed by atoms with Crippen LogP contribution in [0.25, 0.3) is 0 Å². The standard InChI is InChI=1S/C19H41NO3S/c1-14(2)15(3)17(4,5)12-16(20(10)24(11,22)23)18(6,7)13-19(8,9)21/h14-16,21H,12-13H2,1-11H3. The van der Waals surface area contributed by atoms with Crippen LogP contribution in [-0.4, -0.2) is 42.8 Å². The highest BCUT2D eigenvalue weighted by atomic mass is 32.2. The molecule has 0 aliphatic carbocycles. The molecule has 0 aliphatic heterocycles. The van der Waals surface area contributed by atoms with Crippen molar-refractivity contribution in [2.45, 2.75) is 86.8 Å². The van der Waals surface area contributed by atoms with E-state index in [1.807, 2.05) is 0 Å². The number of nitrogens with zero attached hydrogens (tertiary/aromatic N) is 1. The fraction of sp³-hybridized carbons (Fsp3) is 1.00. The van der Waals surface area contributed by atoms with Crippen molar-refractivity contribution in [1.82, 2.24) is 4.31 Å². The Bertz CT molecular complexity index is 501. The second-order valence-electron chi connectivity index (χ2n) is 10.00. The van der Waals surface area contributed by atoms with Crippen molar-refractivity contribution in [3.63, 3.8) is 0 Å². The molecule has 0 bridgehead atoms. The summed E-state index contributed by atoms with van der Waals surface area (Å²) < 4.78 is 26.0. The van der Waals surface area contributed by atoms with Crippen LogP contribution in [0.2, 0.25) is 0 Å². The fourth-order valence-electron chi connectivity index (χ4n) is 3.95. The first-order valence-corrected chi connectivity index (χ1v) is 10.8. The Morgan fingerprint density at radius 2 is 1.38 bits per heavy atom. The number of rotatable bonds is 9. The van der Waals surface area contributed by atoms with Gasteiger partial charge in [0.25, 0.3) is 0 Å². The predicted molar refractivity (Wildman–Crippen MR) is 103 cm³/mol. The Kier molecular flexibility index (Phi) is 7.59. The maximum Gasteiger partial charge on any atom is 0.211 e. The van der Waals surface area contributed by atoms with Gasteiger partial charge < -0.3 is 5.11 Å². The van der Waals surface area contributed by atoms with Crippen molar-refractivity contribution >= 4 is 10.0 Å². The third-order valence-electron chi connectivity index (χ3n) is 5.70. The molecule has 4 nitrogen and oxygen atoms in total. The van der Waals surface area contributed by atoms with E-state index in [9.17, 15) is 13.5 Å². The van der Waals surface area contributed by atoms with Gasteiger partial charge in [-0.3, -0.25) is 0 Å². The minimum atomic E-state index is -3.31. The van der Waals surface area contributed by atoms with Crippen LogP contribution in [-0.2, 0) is 10.0 Å². The zero-order chi connectivity index (χ0) is 19.7. The van der Waals surface area contributed by atoms with E-state index in [1.54, 1.807) is 20.9 Å². The molecule has 0 spiro atoms. The molecule has 0 aromatic heterocycles. The summed E-state index contributed by atoms with van der Waals surface area (Å²) in [5.41, 5.74) is -1.19. The van der Waals surface area contributed by atoms with Crippen molar-refractivity contribution in [2.75, 3.05) is 13.3 Å². The van der Waals surface area contributed by atoms with Gasteiger partial charge in [0.15, 0.2) is 0 Å². The summed E-state index contributed by atoms with van der Waals surface area (Å²) >= 11 is 0. The van der Waals surface area contributed by atoms with Crippen LogP contribution >= 0.6 is 0 Å². The van der Waals surface area contributed by atoms with Gasteiger partial charge in [0.05, 0.1) is 11.9 Å². The Morgan fingerprint density at radius 1 is 0.958 bits per heavy atom. The third-order valence-corrected chi connectivity index (χ3v) is 7.01. The molecule has 5 heteroatoms. The lowest BCUT2D eigenvalue weighted by molar-refractivity contribution is -0.00575. The normalized spacial score (nSPS) is 17.4. The maximum absolute atomic E-state index is 12.2. The molecule has 24 heavy (non-hydrogen) atoms. The minimum Gasteiger partial charge on any atom is -0.390 e. The molecule has 0 saturated heterocycles. The molecule has 2 atom stereocenters. The molecule has 1 N–H and O–H groups in total. The van der Waals surface area contributed by atoms with Crippen LogP contribution in [0.3, 0.4) is 0 Å². The van der Waals surface area contributed by atoms with Crippen molar-refractivity contribution in [3.8, 4) is 0 Å². The SMILES string of the molecule is CC(C)C(C)C(C)(C)CC(N(C)S(C)(=O)=O)C(C)(C)CC(C)(C)O. The Balaban J connectivity index is 5.83. The van der Waals surface area contributed by atoms with Gasteiger partial charge in [-0.25, -0.2) is 12.7 Å². The Labute approximate surface area is 151 Å². The lowest BCUT2D eigenvalue weighted by Gasteiger charge is -2.47. The lowest BCUT2D eigenvalue weighted by atomic mass is 9.65. The summed E-state index contributed by atoms with van der Waals surface area (Å²) in [5.74, 6) is 0.993. The van der Waals surface area contributed by atoms with Gasteiger partial charge in [-0.2, -0.15) is 0 Å². The largest absolute Gasteiger partial charge is 0.390 e. The van der Waals surface area contributed by atoms with Crippen molar-refractivity contribution in [2.24, 2.45) is 22.7 Å². The molecule has 0 heterocycles. The van der Waals surface area contributed by atoms with E-state index in [4.69, 9.17) is 0 Å². The van der Waals surface area contributed by atoms with E-state index >= 15 is 0 Å². The molecule has 0 fully saturated rings. The second-order valence-corrected chi connectivity index (χ2v) is 12.0. The zero-order valence-electron chi connectivity index (χ0n) is 17.8. The summed E-state index contributed by atoms with van der Waals surface area (Å²) in [5, 5.41) is 10.3. The summed E-state index contributed by atoms with van der Waals surface area (Å²) in [7, 11) is -1.64. The van der Waals surface area contributed by atoms with Crippen LogP contribution in [0.15, 0.2) is 0 Å². The third kappa shape index (κ3) is 7.01. The highest BCUT2D eigenvalue weighted by molar-refractivity contribution is 7.88. The molecule has 0 saturated carbocycles. The van der Waals surface area contributed by atoms with Gasteiger partial charge in [-0.1, -0.05) is 48.5 Å². The molecule has 0 aromatic carbocycles. The van der Waals surface area contributed by atoms with Crippen LogP contribution in [0.1, 0.15) is 75.2 Å². The van der Waals surface area contributed by atoms with Gasteiger partial charge in [-0.15, -0.1) is 0 Å². The monoisotopic (exact) mass is 363 g/mol. The molecule has 0 radical (unpaired) electrons. The van der Waals surface area contributed by atoms with Crippen molar-refractivity contribution in [3.05, 3.63) is 0 Å². The van der Waals surface area contributed by atoms with Crippen LogP contribution in [0.5, 0.6) is 0 Å². The summed E-state index contributed by atoms with van der Waals surface area (Å²) in [6.45, 7) is 18.8. The predicted octanol–water partition coefficient (Wildman–Crippen LogP) is 4.14. The highest BCUT2D eigenvalue weighted by Gasteiger charge is 2.43.